The fraction of sp³-hybridized carbons (Fsp3) is 0.188. The Labute approximate surface area is 127 Å². The number of benzene rings is 1. The Kier molecular flexibility index (Phi) is 3.50. The molecule has 0 aliphatic heterocycles. The Bertz CT molecular complexity index is 819. The first-order valence-electron chi connectivity index (χ1n) is 6.92. The average Bonchev–Trinajstić information content (AvgIpc) is 3.15. The normalized spacial score (nSPS) is 12.3. The van der Waals surface area contributed by atoms with Crippen molar-refractivity contribution in [3.63, 3.8) is 0 Å². The van der Waals surface area contributed by atoms with E-state index in [-0.39, 0.29) is 0 Å². The molecule has 0 spiro atoms. The summed E-state index contributed by atoms with van der Waals surface area (Å²) in [6.07, 6.45) is 5.19. The molecule has 1 aromatic carbocycles. The molecule has 2 aromatic heterocycles. The summed E-state index contributed by atoms with van der Waals surface area (Å²) in [5.74, 6) is -0.904. The maximum atomic E-state index is 11.0. The van der Waals surface area contributed by atoms with Crippen molar-refractivity contribution >= 4 is 5.97 Å². The summed E-state index contributed by atoms with van der Waals surface area (Å²) in [6, 6.07) is 9.28. The summed E-state index contributed by atoms with van der Waals surface area (Å²) in [4.78, 5) is 11.0. The maximum absolute atomic E-state index is 11.0. The summed E-state index contributed by atoms with van der Waals surface area (Å²) in [7, 11) is 1.90. The molecule has 0 saturated carbocycles. The van der Waals surface area contributed by atoms with Gasteiger partial charge in [0.2, 0.25) is 0 Å². The molecule has 112 valence electrons. The van der Waals surface area contributed by atoms with Crippen LogP contribution in [0.15, 0.2) is 48.9 Å². The van der Waals surface area contributed by atoms with Crippen LogP contribution in [0, 0.1) is 0 Å². The largest absolute Gasteiger partial charge is 0.480 e. The number of carboxylic acids is 1. The van der Waals surface area contributed by atoms with Crippen LogP contribution in [0.5, 0.6) is 0 Å². The Morgan fingerprint density at radius 2 is 1.95 bits per heavy atom. The van der Waals surface area contributed by atoms with Crippen LogP contribution in [0.2, 0.25) is 0 Å². The standard InChI is InChI=1S/C16H16N4O2/c1-11(16(21)22)20-10-14(9-18-20)12-4-3-5-13(8-12)15-6-7-17-19(15)2/h3-11H,1-2H3,(H,21,22). The minimum absolute atomic E-state index is 0.686. The number of rotatable bonds is 4. The first-order chi connectivity index (χ1) is 10.6. The molecule has 0 amide bonds. The molecule has 0 fully saturated rings. The maximum Gasteiger partial charge on any atom is 0.328 e. The lowest BCUT2D eigenvalue weighted by Crippen LogP contribution is -2.15. The van der Waals surface area contributed by atoms with E-state index in [1.807, 2.05) is 42.1 Å². The zero-order valence-electron chi connectivity index (χ0n) is 12.3. The summed E-state index contributed by atoms with van der Waals surface area (Å²) in [6.45, 7) is 1.60. The predicted molar refractivity (Wildman–Crippen MR) is 82.2 cm³/mol. The van der Waals surface area contributed by atoms with Crippen molar-refractivity contribution in [1.29, 1.82) is 0 Å². The molecule has 1 unspecified atom stereocenters. The van der Waals surface area contributed by atoms with Crippen LogP contribution >= 0.6 is 0 Å². The molecule has 3 aromatic rings. The predicted octanol–water partition coefficient (Wildman–Crippen LogP) is 2.60. The minimum Gasteiger partial charge on any atom is -0.480 e. The van der Waals surface area contributed by atoms with Gasteiger partial charge in [-0.25, -0.2) is 4.79 Å². The van der Waals surface area contributed by atoms with Gasteiger partial charge in [-0.3, -0.25) is 9.36 Å². The average molecular weight is 296 g/mol. The fourth-order valence-electron chi connectivity index (χ4n) is 2.33. The highest BCUT2D eigenvalue weighted by molar-refractivity contribution is 5.73. The molecule has 2 heterocycles. The molecule has 6 heteroatoms. The van der Waals surface area contributed by atoms with Gasteiger partial charge < -0.3 is 5.11 Å². The van der Waals surface area contributed by atoms with Crippen molar-refractivity contribution in [3.8, 4) is 22.4 Å². The van der Waals surface area contributed by atoms with Gasteiger partial charge in [0.05, 0.1) is 11.9 Å². The van der Waals surface area contributed by atoms with E-state index in [0.29, 0.717) is 0 Å². The number of carboxylic acid groups (broad SMARTS) is 1. The van der Waals surface area contributed by atoms with Gasteiger partial charge in [0, 0.05) is 30.6 Å². The molecule has 0 radical (unpaired) electrons. The number of hydrogen-bond donors (Lipinski definition) is 1. The van der Waals surface area contributed by atoms with Crippen molar-refractivity contribution in [3.05, 3.63) is 48.9 Å². The van der Waals surface area contributed by atoms with Crippen LogP contribution in [0.4, 0.5) is 0 Å². The lowest BCUT2D eigenvalue weighted by Gasteiger charge is -2.06. The van der Waals surface area contributed by atoms with Crippen LogP contribution in [0.1, 0.15) is 13.0 Å². The number of aromatic nitrogens is 4. The Morgan fingerprint density at radius 1 is 1.18 bits per heavy atom. The smallest absolute Gasteiger partial charge is 0.328 e. The highest BCUT2D eigenvalue weighted by atomic mass is 16.4. The number of aliphatic carboxylic acids is 1. The lowest BCUT2D eigenvalue weighted by molar-refractivity contribution is -0.140. The number of carbonyl (C=O) groups is 1. The van der Waals surface area contributed by atoms with Crippen molar-refractivity contribution in [2.45, 2.75) is 13.0 Å². The second kappa shape index (κ2) is 5.48. The van der Waals surface area contributed by atoms with Crippen LogP contribution in [-0.2, 0) is 11.8 Å². The summed E-state index contributed by atoms with van der Waals surface area (Å²) in [5, 5.41) is 17.4. The molecular formula is C16H16N4O2. The quantitative estimate of drug-likeness (QED) is 0.803. The molecule has 6 nitrogen and oxygen atoms in total. The summed E-state index contributed by atoms with van der Waals surface area (Å²) >= 11 is 0. The van der Waals surface area contributed by atoms with Gasteiger partial charge >= 0.3 is 5.97 Å². The molecule has 0 bridgehead atoms. The van der Waals surface area contributed by atoms with Gasteiger partial charge in [-0.05, 0) is 24.6 Å². The number of aryl methyl sites for hydroxylation is 1. The molecule has 1 atom stereocenters. The van der Waals surface area contributed by atoms with E-state index in [1.165, 1.54) is 4.68 Å². The molecule has 0 aliphatic rings. The van der Waals surface area contributed by atoms with Crippen LogP contribution in [0.3, 0.4) is 0 Å². The third kappa shape index (κ3) is 2.50. The third-order valence-corrected chi connectivity index (χ3v) is 3.67. The van der Waals surface area contributed by atoms with Crippen LogP contribution < -0.4 is 0 Å². The first-order valence-corrected chi connectivity index (χ1v) is 6.92. The fourth-order valence-corrected chi connectivity index (χ4v) is 2.33. The van der Waals surface area contributed by atoms with E-state index in [4.69, 9.17) is 5.11 Å². The molecule has 0 aliphatic carbocycles. The van der Waals surface area contributed by atoms with Crippen molar-refractivity contribution < 1.29 is 9.90 Å². The van der Waals surface area contributed by atoms with Crippen LogP contribution in [-0.4, -0.2) is 30.6 Å². The molecule has 3 rings (SSSR count). The second-order valence-electron chi connectivity index (χ2n) is 5.14. The van der Waals surface area contributed by atoms with E-state index in [9.17, 15) is 4.79 Å². The lowest BCUT2D eigenvalue weighted by atomic mass is 10.0. The van der Waals surface area contributed by atoms with E-state index in [1.54, 1.807) is 25.5 Å². The summed E-state index contributed by atoms with van der Waals surface area (Å²) in [5.41, 5.74) is 3.95. The first kappa shape index (κ1) is 14.1. The van der Waals surface area contributed by atoms with Crippen molar-refractivity contribution in [2.75, 3.05) is 0 Å². The zero-order valence-corrected chi connectivity index (χ0v) is 12.3. The highest BCUT2D eigenvalue weighted by Crippen LogP contribution is 2.26. The van der Waals surface area contributed by atoms with Gasteiger partial charge in [0.15, 0.2) is 0 Å². The Morgan fingerprint density at radius 3 is 2.64 bits per heavy atom. The molecule has 1 N–H and O–H groups in total. The number of nitrogens with zero attached hydrogens (tertiary/aromatic N) is 4. The highest BCUT2D eigenvalue weighted by Gasteiger charge is 2.14. The molecular weight excluding hydrogens is 280 g/mol. The van der Waals surface area contributed by atoms with Gasteiger partial charge in [0.25, 0.3) is 0 Å². The van der Waals surface area contributed by atoms with Gasteiger partial charge in [-0.15, -0.1) is 0 Å². The number of hydrogen-bond acceptors (Lipinski definition) is 3. The third-order valence-electron chi connectivity index (χ3n) is 3.67. The Hall–Kier alpha value is -2.89. The molecule has 22 heavy (non-hydrogen) atoms. The minimum atomic E-state index is -0.904. The Balaban J connectivity index is 1.96. The molecule has 0 saturated heterocycles. The van der Waals surface area contributed by atoms with E-state index < -0.39 is 12.0 Å². The topological polar surface area (TPSA) is 72.9 Å². The van der Waals surface area contributed by atoms with Crippen molar-refractivity contribution in [1.82, 2.24) is 19.6 Å². The monoisotopic (exact) mass is 296 g/mol. The van der Waals surface area contributed by atoms with Gasteiger partial charge in [0.1, 0.15) is 6.04 Å². The summed E-state index contributed by atoms with van der Waals surface area (Å²) < 4.78 is 3.27. The zero-order chi connectivity index (χ0) is 15.7. The van der Waals surface area contributed by atoms with Crippen molar-refractivity contribution in [2.24, 2.45) is 7.05 Å². The van der Waals surface area contributed by atoms with Crippen LogP contribution in [0.25, 0.3) is 22.4 Å². The van der Waals surface area contributed by atoms with E-state index >= 15 is 0 Å². The van der Waals surface area contributed by atoms with E-state index in [2.05, 4.69) is 10.2 Å². The van der Waals surface area contributed by atoms with Gasteiger partial charge in [-0.1, -0.05) is 18.2 Å². The van der Waals surface area contributed by atoms with E-state index in [0.717, 1.165) is 22.4 Å². The SMILES string of the molecule is CC(C(=O)O)n1cc(-c2cccc(-c3ccnn3C)c2)cn1. The van der Waals surface area contributed by atoms with Gasteiger partial charge in [-0.2, -0.15) is 10.2 Å². The second-order valence-corrected chi connectivity index (χ2v) is 5.14.